The summed E-state index contributed by atoms with van der Waals surface area (Å²) in [6.45, 7) is 4.40. The summed E-state index contributed by atoms with van der Waals surface area (Å²) in [6.07, 6.45) is -0.0855. The Balaban J connectivity index is 2.22. The summed E-state index contributed by atoms with van der Waals surface area (Å²) in [5.41, 5.74) is 2.35. The van der Waals surface area contributed by atoms with Gasteiger partial charge in [-0.05, 0) is 13.8 Å². The van der Waals surface area contributed by atoms with E-state index in [1.54, 1.807) is 4.90 Å². The molecule has 0 atom stereocenters. The fraction of sp³-hybridized carbons (Fsp3) is 0.700. The van der Waals surface area contributed by atoms with Gasteiger partial charge in [0.2, 0.25) is 11.9 Å². The minimum Gasteiger partial charge on any atom is -0.461 e. The third-order valence-electron chi connectivity index (χ3n) is 2.70. The van der Waals surface area contributed by atoms with Crippen molar-refractivity contribution >= 4 is 21.7 Å². The van der Waals surface area contributed by atoms with Crippen molar-refractivity contribution in [2.24, 2.45) is 5.84 Å². The first kappa shape index (κ1) is 14.7. The van der Waals surface area contributed by atoms with Gasteiger partial charge in [-0.1, -0.05) is 0 Å². The number of sulfone groups is 1. The van der Waals surface area contributed by atoms with Gasteiger partial charge in [-0.25, -0.2) is 14.3 Å². The Kier molecular flexibility index (Phi) is 4.23. The van der Waals surface area contributed by atoms with Crippen LogP contribution in [-0.2, 0) is 9.84 Å². The molecule has 20 heavy (non-hydrogen) atoms. The zero-order valence-corrected chi connectivity index (χ0v) is 12.2. The van der Waals surface area contributed by atoms with Gasteiger partial charge in [0.15, 0.2) is 9.84 Å². The Labute approximate surface area is 117 Å². The van der Waals surface area contributed by atoms with E-state index in [4.69, 9.17) is 10.6 Å². The van der Waals surface area contributed by atoms with Crippen molar-refractivity contribution in [2.75, 3.05) is 34.9 Å². The van der Waals surface area contributed by atoms with Crippen molar-refractivity contribution in [1.82, 2.24) is 15.0 Å². The molecule has 2 heterocycles. The van der Waals surface area contributed by atoms with E-state index in [-0.39, 0.29) is 29.6 Å². The molecule has 0 aromatic carbocycles. The van der Waals surface area contributed by atoms with Crippen molar-refractivity contribution in [3.8, 4) is 6.01 Å². The van der Waals surface area contributed by atoms with Crippen molar-refractivity contribution in [3.63, 3.8) is 0 Å². The van der Waals surface area contributed by atoms with E-state index in [1.165, 1.54) is 0 Å². The van der Waals surface area contributed by atoms with Crippen LogP contribution in [0.5, 0.6) is 6.01 Å². The standard InChI is InChI=1S/C10H18N6O3S/c1-7(2)19-10-13-8(15-11)12-9(14-10)16-3-5-20(17,18)6-4-16/h7H,3-6,11H2,1-2H3,(H,12,13,14,15). The molecule has 9 nitrogen and oxygen atoms in total. The van der Waals surface area contributed by atoms with Gasteiger partial charge in [-0.15, -0.1) is 0 Å². The Bertz CT molecular complexity index is 562. The van der Waals surface area contributed by atoms with Crippen LogP contribution < -0.4 is 20.9 Å². The summed E-state index contributed by atoms with van der Waals surface area (Å²) in [5.74, 6) is 6.03. The highest BCUT2D eigenvalue weighted by Crippen LogP contribution is 2.17. The van der Waals surface area contributed by atoms with Crippen LogP contribution in [0, 0.1) is 0 Å². The van der Waals surface area contributed by atoms with E-state index < -0.39 is 9.84 Å². The molecule has 0 unspecified atom stereocenters. The summed E-state index contributed by atoms with van der Waals surface area (Å²) in [5, 5.41) is 0. The maximum Gasteiger partial charge on any atom is 0.323 e. The lowest BCUT2D eigenvalue weighted by Gasteiger charge is -2.26. The molecule has 1 aliphatic rings. The van der Waals surface area contributed by atoms with Crippen molar-refractivity contribution in [2.45, 2.75) is 20.0 Å². The Morgan fingerprint density at radius 1 is 1.25 bits per heavy atom. The summed E-state index contributed by atoms with van der Waals surface area (Å²) in [7, 11) is -2.95. The lowest BCUT2D eigenvalue weighted by atomic mass is 10.5. The molecular formula is C10H18N6O3S. The largest absolute Gasteiger partial charge is 0.461 e. The second-order valence-corrected chi connectivity index (χ2v) is 7.00. The first-order valence-corrected chi connectivity index (χ1v) is 8.06. The molecule has 0 saturated carbocycles. The number of hydrogen-bond acceptors (Lipinski definition) is 9. The number of ether oxygens (including phenoxy) is 1. The van der Waals surface area contributed by atoms with Crippen LogP contribution in [0.4, 0.5) is 11.9 Å². The van der Waals surface area contributed by atoms with E-state index in [9.17, 15) is 8.42 Å². The van der Waals surface area contributed by atoms with E-state index in [1.807, 2.05) is 13.8 Å². The molecule has 1 aromatic heterocycles. The van der Waals surface area contributed by atoms with E-state index >= 15 is 0 Å². The maximum absolute atomic E-state index is 11.4. The Morgan fingerprint density at radius 2 is 1.90 bits per heavy atom. The highest BCUT2D eigenvalue weighted by atomic mass is 32.2. The fourth-order valence-corrected chi connectivity index (χ4v) is 2.93. The maximum atomic E-state index is 11.4. The van der Waals surface area contributed by atoms with Crippen molar-refractivity contribution in [1.29, 1.82) is 0 Å². The predicted molar refractivity (Wildman–Crippen MR) is 74.3 cm³/mol. The van der Waals surface area contributed by atoms with Crippen LogP contribution >= 0.6 is 0 Å². The average molecular weight is 302 g/mol. The number of nitrogen functional groups attached to an aromatic ring is 1. The number of hydrazine groups is 1. The van der Waals surface area contributed by atoms with E-state index in [0.29, 0.717) is 19.0 Å². The second-order valence-electron chi connectivity index (χ2n) is 4.69. The van der Waals surface area contributed by atoms with Crippen LogP contribution in [0.1, 0.15) is 13.8 Å². The van der Waals surface area contributed by atoms with Gasteiger partial charge in [0.1, 0.15) is 0 Å². The topological polar surface area (TPSA) is 123 Å². The van der Waals surface area contributed by atoms with Crippen LogP contribution in [-0.4, -0.2) is 54.1 Å². The Morgan fingerprint density at radius 3 is 2.45 bits per heavy atom. The lowest BCUT2D eigenvalue weighted by Crippen LogP contribution is -2.41. The van der Waals surface area contributed by atoms with Crippen molar-refractivity contribution < 1.29 is 13.2 Å². The molecule has 1 aliphatic heterocycles. The smallest absolute Gasteiger partial charge is 0.323 e. The molecule has 10 heteroatoms. The summed E-state index contributed by atoms with van der Waals surface area (Å²) in [4.78, 5) is 14.1. The van der Waals surface area contributed by atoms with Gasteiger partial charge in [-0.2, -0.15) is 15.0 Å². The number of rotatable bonds is 4. The lowest BCUT2D eigenvalue weighted by molar-refractivity contribution is 0.222. The molecule has 0 amide bonds. The third kappa shape index (κ3) is 3.67. The van der Waals surface area contributed by atoms with Crippen LogP contribution in [0.25, 0.3) is 0 Å². The SMILES string of the molecule is CC(C)Oc1nc(NN)nc(N2CCS(=O)(=O)CC2)n1. The molecule has 0 radical (unpaired) electrons. The zero-order chi connectivity index (χ0) is 14.8. The van der Waals surface area contributed by atoms with Crippen LogP contribution in [0.3, 0.4) is 0 Å². The van der Waals surface area contributed by atoms with E-state index in [2.05, 4.69) is 20.4 Å². The molecule has 3 N–H and O–H groups in total. The predicted octanol–water partition coefficient (Wildman–Crippen LogP) is -0.821. The zero-order valence-electron chi connectivity index (χ0n) is 11.4. The number of anilines is 2. The number of aromatic nitrogens is 3. The Hall–Kier alpha value is -1.68. The number of nitrogens with two attached hydrogens (primary N) is 1. The van der Waals surface area contributed by atoms with Crippen molar-refractivity contribution in [3.05, 3.63) is 0 Å². The molecule has 0 spiro atoms. The normalized spacial score (nSPS) is 18.1. The molecule has 2 rings (SSSR count). The molecule has 0 bridgehead atoms. The fourth-order valence-electron chi connectivity index (χ4n) is 1.73. The molecule has 0 aliphatic carbocycles. The summed E-state index contributed by atoms with van der Waals surface area (Å²) in [6, 6.07) is 0.159. The number of nitrogens with one attached hydrogen (secondary N) is 1. The molecule has 112 valence electrons. The summed E-state index contributed by atoms with van der Waals surface area (Å²) >= 11 is 0. The minimum atomic E-state index is -2.95. The highest BCUT2D eigenvalue weighted by Gasteiger charge is 2.24. The van der Waals surface area contributed by atoms with Gasteiger partial charge in [0.05, 0.1) is 17.6 Å². The average Bonchev–Trinajstić information content (AvgIpc) is 2.37. The summed E-state index contributed by atoms with van der Waals surface area (Å²) < 4.78 is 28.3. The van der Waals surface area contributed by atoms with Gasteiger partial charge in [-0.3, -0.25) is 5.43 Å². The number of nitrogens with zero attached hydrogens (tertiary/aromatic N) is 4. The monoisotopic (exact) mass is 302 g/mol. The quantitative estimate of drug-likeness (QED) is 0.542. The van der Waals surface area contributed by atoms with Gasteiger partial charge in [0.25, 0.3) is 0 Å². The molecule has 1 aromatic rings. The number of hydrogen-bond donors (Lipinski definition) is 2. The first-order valence-electron chi connectivity index (χ1n) is 6.24. The van der Waals surface area contributed by atoms with Gasteiger partial charge < -0.3 is 9.64 Å². The van der Waals surface area contributed by atoms with Gasteiger partial charge >= 0.3 is 6.01 Å². The molecular weight excluding hydrogens is 284 g/mol. The van der Waals surface area contributed by atoms with Gasteiger partial charge in [0, 0.05) is 13.1 Å². The molecule has 1 fully saturated rings. The first-order chi connectivity index (χ1) is 9.39. The van der Waals surface area contributed by atoms with Crippen LogP contribution in [0.2, 0.25) is 0 Å². The van der Waals surface area contributed by atoms with Crippen LogP contribution in [0.15, 0.2) is 0 Å². The third-order valence-corrected chi connectivity index (χ3v) is 4.31. The highest BCUT2D eigenvalue weighted by molar-refractivity contribution is 7.91. The van der Waals surface area contributed by atoms with E-state index in [0.717, 1.165) is 0 Å². The second kappa shape index (κ2) is 5.75. The molecule has 1 saturated heterocycles. The minimum absolute atomic E-state index is 0.0855.